The summed E-state index contributed by atoms with van der Waals surface area (Å²) in [6.45, 7) is 4.22. The summed E-state index contributed by atoms with van der Waals surface area (Å²) in [5.74, 6) is 0.927. The van der Waals surface area contributed by atoms with E-state index in [4.69, 9.17) is 4.74 Å². The molecule has 0 spiro atoms. The van der Waals surface area contributed by atoms with E-state index >= 15 is 0 Å². The molecule has 24 heavy (non-hydrogen) atoms. The molecule has 0 saturated carbocycles. The molecule has 2 heterocycles. The third-order valence-electron chi connectivity index (χ3n) is 4.14. The Labute approximate surface area is 149 Å². The normalized spacial score (nSPS) is 14.5. The minimum atomic E-state index is -0.121. The molecule has 0 N–H and O–H groups in total. The van der Waals surface area contributed by atoms with E-state index in [1.807, 2.05) is 25.1 Å². The second-order valence-electron chi connectivity index (χ2n) is 5.63. The Kier molecular flexibility index (Phi) is 5.04. The number of hydrogen-bond acceptors (Lipinski definition) is 4. The lowest BCUT2D eigenvalue weighted by molar-refractivity contribution is 0.339. The number of aromatic nitrogens is 2. The Hall–Kier alpha value is -2.08. The Balaban J connectivity index is 1.85. The summed E-state index contributed by atoms with van der Waals surface area (Å²) in [6, 6.07) is 8.13. The summed E-state index contributed by atoms with van der Waals surface area (Å²) in [6.07, 6.45) is 4.83. The van der Waals surface area contributed by atoms with Crippen LogP contribution in [0.2, 0.25) is 0 Å². The Morgan fingerprint density at radius 1 is 1.33 bits per heavy atom. The maximum Gasteiger partial charge on any atom is 0.282 e. The van der Waals surface area contributed by atoms with E-state index in [0.717, 1.165) is 36.5 Å². The van der Waals surface area contributed by atoms with Gasteiger partial charge in [-0.25, -0.2) is 4.68 Å². The minimum Gasteiger partial charge on any atom is -0.493 e. The van der Waals surface area contributed by atoms with Crippen molar-refractivity contribution in [2.24, 2.45) is 7.05 Å². The van der Waals surface area contributed by atoms with Crippen LogP contribution in [-0.4, -0.2) is 29.5 Å². The molecule has 0 aliphatic carbocycles. The zero-order valence-electron chi connectivity index (χ0n) is 13.8. The van der Waals surface area contributed by atoms with Gasteiger partial charge >= 0.3 is 0 Å². The maximum absolute atomic E-state index is 12.0. The van der Waals surface area contributed by atoms with Crippen LogP contribution >= 0.6 is 15.9 Å². The van der Waals surface area contributed by atoms with Gasteiger partial charge in [0.25, 0.3) is 5.56 Å². The predicted molar refractivity (Wildman–Crippen MR) is 99.6 cm³/mol. The van der Waals surface area contributed by atoms with E-state index in [1.54, 1.807) is 13.2 Å². The van der Waals surface area contributed by atoms with Gasteiger partial charge in [0, 0.05) is 25.7 Å². The summed E-state index contributed by atoms with van der Waals surface area (Å²) in [5, 5.41) is 4.12. The molecule has 3 rings (SSSR count). The van der Waals surface area contributed by atoms with Crippen LogP contribution in [0.25, 0.3) is 5.57 Å². The fraction of sp³-hybridized carbons (Fsp3) is 0.333. The van der Waals surface area contributed by atoms with Gasteiger partial charge in [0.2, 0.25) is 0 Å². The van der Waals surface area contributed by atoms with Gasteiger partial charge in [-0.2, -0.15) is 5.10 Å². The summed E-state index contributed by atoms with van der Waals surface area (Å²) < 4.78 is 7.63. The lowest BCUT2D eigenvalue weighted by atomic mass is 9.98. The first kappa shape index (κ1) is 16.8. The van der Waals surface area contributed by atoms with Crippen LogP contribution in [0.1, 0.15) is 18.9 Å². The van der Waals surface area contributed by atoms with Crippen LogP contribution in [0.5, 0.6) is 5.75 Å². The first-order valence-corrected chi connectivity index (χ1v) is 8.79. The molecule has 0 fully saturated rings. The smallest absolute Gasteiger partial charge is 0.282 e. The summed E-state index contributed by atoms with van der Waals surface area (Å²) >= 11 is 3.40. The monoisotopic (exact) mass is 389 g/mol. The molecule has 1 aromatic carbocycles. The summed E-state index contributed by atoms with van der Waals surface area (Å²) in [5.41, 5.74) is 3.15. The molecule has 0 radical (unpaired) electrons. The standard InChI is InChI=1S/C18H20BrN3O2/c1-3-24-16-7-5-4-6-14(16)13-8-10-22(11-9-13)15-12-20-21(2)18(23)17(15)19/h4-8,12H,3,9-11H2,1-2H3. The molecule has 1 aliphatic rings. The zero-order valence-corrected chi connectivity index (χ0v) is 15.4. The highest BCUT2D eigenvalue weighted by Gasteiger charge is 2.19. The van der Waals surface area contributed by atoms with Gasteiger partial charge in [-0.1, -0.05) is 24.3 Å². The van der Waals surface area contributed by atoms with Crippen molar-refractivity contribution in [2.75, 3.05) is 24.6 Å². The van der Waals surface area contributed by atoms with Crippen LogP contribution in [0.4, 0.5) is 5.69 Å². The van der Waals surface area contributed by atoms with Crippen LogP contribution < -0.4 is 15.2 Å². The highest BCUT2D eigenvalue weighted by atomic mass is 79.9. The van der Waals surface area contributed by atoms with Crippen LogP contribution in [0.15, 0.2) is 45.8 Å². The van der Waals surface area contributed by atoms with Gasteiger partial charge in [-0.05, 0) is 40.9 Å². The largest absolute Gasteiger partial charge is 0.493 e. The van der Waals surface area contributed by atoms with Crippen molar-refractivity contribution in [3.63, 3.8) is 0 Å². The number of ether oxygens (including phenoxy) is 1. The van der Waals surface area contributed by atoms with Crippen molar-refractivity contribution in [3.8, 4) is 5.75 Å². The predicted octanol–water partition coefficient (Wildman–Crippen LogP) is 3.24. The fourth-order valence-electron chi connectivity index (χ4n) is 2.87. The average molecular weight is 390 g/mol. The summed E-state index contributed by atoms with van der Waals surface area (Å²) in [4.78, 5) is 14.2. The topological polar surface area (TPSA) is 47.4 Å². The second kappa shape index (κ2) is 7.21. The number of anilines is 1. The van der Waals surface area contributed by atoms with Crippen molar-refractivity contribution >= 4 is 27.2 Å². The number of rotatable bonds is 4. The van der Waals surface area contributed by atoms with E-state index in [-0.39, 0.29) is 5.56 Å². The van der Waals surface area contributed by atoms with Crippen molar-refractivity contribution < 1.29 is 4.74 Å². The van der Waals surface area contributed by atoms with Crippen molar-refractivity contribution in [1.29, 1.82) is 0 Å². The first-order chi connectivity index (χ1) is 11.6. The second-order valence-corrected chi connectivity index (χ2v) is 6.42. The number of hydrogen-bond donors (Lipinski definition) is 0. The molecule has 2 aromatic rings. The Morgan fingerprint density at radius 2 is 2.12 bits per heavy atom. The van der Waals surface area contributed by atoms with E-state index in [2.05, 4.69) is 38.1 Å². The fourth-order valence-corrected chi connectivity index (χ4v) is 3.48. The van der Waals surface area contributed by atoms with E-state index in [1.165, 1.54) is 10.3 Å². The number of nitrogens with zero attached hydrogens (tertiary/aromatic N) is 3. The first-order valence-electron chi connectivity index (χ1n) is 7.99. The number of aryl methyl sites for hydroxylation is 1. The number of halogens is 1. The van der Waals surface area contributed by atoms with Crippen LogP contribution in [-0.2, 0) is 7.05 Å². The molecular formula is C18H20BrN3O2. The van der Waals surface area contributed by atoms with Gasteiger partial charge in [-0.3, -0.25) is 4.79 Å². The third-order valence-corrected chi connectivity index (χ3v) is 4.89. The molecule has 6 heteroatoms. The van der Waals surface area contributed by atoms with E-state index < -0.39 is 0 Å². The lowest BCUT2D eigenvalue weighted by Crippen LogP contribution is -2.31. The SMILES string of the molecule is CCOc1ccccc1C1=CCN(c2cnn(C)c(=O)c2Br)CC1. The molecule has 0 unspecified atom stereocenters. The molecule has 0 bridgehead atoms. The number of para-hydroxylation sites is 1. The minimum absolute atomic E-state index is 0.121. The molecule has 126 valence electrons. The molecule has 0 amide bonds. The van der Waals surface area contributed by atoms with Gasteiger partial charge in [0.15, 0.2) is 0 Å². The van der Waals surface area contributed by atoms with Crippen molar-refractivity contribution in [2.45, 2.75) is 13.3 Å². The molecule has 5 nitrogen and oxygen atoms in total. The highest BCUT2D eigenvalue weighted by Crippen LogP contribution is 2.32. The third kappa shape index (κ3) is 3.24. The van der Waals surface area contributed by atoms with E-state index in [9.17, 15) is 4.79 Å². The molecule has 1 aromatic heterocycles. The lowest BCUT2D eigenvalue weighted by Gasteiger charge is -2.29. The summed E-state index contributed by atoms with van der Waals surface area (Å²) in [7, 11) is 1.65. The Morgan fingerprint density at radius 3 is 2.83 bits per heavy atom. The van der Waals surface area contributed by atoms with Crippen molar-refractivity contribution in [1.82, 2.24) is 9.78 Å². The quantitative estimate of drug-likeness (QED) is 0.805. The van der Waals surface area contributed by atoms with E-state index in [0.29, 0.717) is 11.1 Å². The van der Waals surface area contributed by atoms with Crippen LogP contribution in [0.3, 0.4) is 0 Å². The zero-order chi connectivity index (χ0) is 17.1. The molecular weight excluding hydrogens is 370 g/mol. The maximum atomic E-state index is 12.0. The van der Waals surface area contributed by atoms with Gasteiger partial charge in [0.1, 0.15) is 10.2 Å². The molecule has 1 aliphatic heterocycles. The average Bonchev–Trinajstić information content (AvgIpc) is 2.61. The van der Waals surface area contributed by atoms with Gasteiger partial charge < -0.3 is 9.64 Å². The van der Waals surface area contributed by atoms with Crippen LogP contribution in [0, 0.1) is 0 Å². The number of benzene rings is 1. The molecule has 0 saturated heterocycles. The van der Waals surface area contributed by atoms with Gasteiger partial charge in [0.05, 0.1) is 18.5 Å². The highest BCUT2D eigenvalue weighted by molar-refractivity contribution is 9.10. The molecule has 0 atom stereocenters. The Bertz CT molecular complexity index is 829. The van der Waals surface area contributed by atoms with Crippen molar-refractivity contribution in [3.05, 3.63) is 56.9 Å². The van der Waals surface area contributed by atoms with Gasteiger partial charge in [-0.15, -0.1) is 0 Å².